The minimum atomic E-state index is -0.667. The van der Waals surface area contributed by atoms with Gasteiger partial charge in [-0.1, -0.05) is 23.7 Å². The predicted octanol–water partition coefficient (Wildman–Crippen LogP) is 4.22. The van der Waals surface area contributed by atoms with Gasteiger partial charge in [0.2, 0.25) is 0 Å². The Morgan fingerprint density at radius 1 is 1.35 bits per heavy atom. The van der Waals surface area contributed by atoms with Crippen molar-refractivity contribution in [3.63, 3.8) is 0 Å². The van der Waals surface area contributed by atoms with Crippen molar-refractivity contribution in [1.29, 1.82) is 0 Å². The number of hydrogen-bond donors (Lipinski definition) is 2. The van der Waals surface area contributed by atoms with Crippen LogP contribution in [0.4, 0.5) is 5.69 Å². The van der Waals surface area contributed by atoms with Crippen LogP contribution < -0.4 is 10.1 Å². The quantitative estimate of drug-likeness (QED) is 0.736. The molecule has 2 aromatic carbocycles. The van der Waals surface area contributed by atoms with Crippen molar-refractivity contribution in [1.82, 2.24) is 0 Å². The molecule has 5 nitrogen and oxygen atoms in total. The standard InChI is InChI=1S/C16H15BrClNO4/c1-22-15-13(18)9(7-10(14(15)20)16(21)23-2)8-19-12-6-4-3-5-11(12)17/h3-7,19-20H,8H2,1-2H3. The van der Waals surface area contributed by atoms with Gasteiger partial charge in [-0.15, -0.1) is 0 Å². The van der Waals surface area contributed by atoms with Crippen LogP contribution in [0, 0.1) is 0 Å². The Hall–Kier alpha value is -1.92. The Morgan fingerprint density at radius 2 is 2.04 bits per heavy atom. The third-order valence-electron chi connectivity index (χ3n) is 3.22. The van der Waals surface area contributed by atoms with Crippen LogP contribution in [0.1, 0.15) is 15.9 Å². The Balaban J connectivity index is 2.38. The topological polar surface area (TPSA) is 67.8 Å². The summed E-state index contributed by atoms with van der Waals surface area (Å²) in [4.78, 5) is 11.8. The van der Waals surface area contributed by atoms with Crippen molar-refractivity contribution in [3.05, 3.63) is 51.0 Å². The number of phenols is 1. The summed E-state index contributed by atoms with van der Waals surface area (Å²) in [5.41, 5.74) is 1.46. The zero-order valence-electron chi connectivity index (χ0n) is 12.5. The molecule has 0 radical (unpaired) electrons. The second-order valence-electron chi connectivity index (χ2n) is 4.60. The van der Waals surface area contributed by atoms with Gasteiger partial charge in [0.15, 0.2) is 11.5 Å². The first kappa shape index (κ1) is 17.4. The molecular weight excluding hydrogens is 386 g/mol. The third kappa shape index (κ3) is 3.71. The number of ether oxygens (including phenoxy) is 2. The SMILES string of the molecule is COC(=O)c1cc(CNc2ccccc2Br)c(Cl)c(OC)c1O. The lowest BCUT2D eigenvalue weighted by molar-refractivity contribution is 0.0596. The molecule has 0 aliphatic heterocycles. The van der Waals surface area contributed by atoms with Gasteiger partial charge in [0.05, 0.1) is 19.2 Å². The van der Waals surface area contributed by atoms with Gasteiger partial charge in [-0.2, -0.15) is 0 Å². The highest BCUT2D eigenvalue weighted by molar-refractivity contribution is 9.10. The Kier molecular flexibility index (Phi) is 5.74. The number of benzene rings is 2. The number of hydrogen-bond acceptors (Lipinski definition) is 5. The first-order chi connectivity index (χ1) is 11.0. The molecule has 122 valence electrons. The summed E-state index contributed by atoms with van der Waals surface area (Å²) >= 11 is 9.69. The smallest absolute Gasteiger partial charge is 0.341 e. The van der Waals surface area contributed by atoms with E-state index >= 15 is 0 Å². The first-order valence-corrected chi connectivity index (χ1v) is 7.81. The minimum Gasteiger partial charge on any atom is -0.504 e. The van der Waals surface area contributed by atoms with Crippen molar-refractivity contribution < 1.29 is 19.4 Å². The van der Waals surface area contributed by atoms with Crippen LogP contribution >= 0.6 is 27.5 Å². The van der Waals surface area contributed by atoms with Crippen molar-refractivity contribution in [3.8, 4) is 11.5 Å². The fourth-order valence-electron chi connectivity index (χ4n) is 2.05. The molecule has 23 heavy (non-hydrogen) atoms. The minimum absolute atomic E-state index is 0.00215. The average molecular weight is 401 g/mol. The highest BCUT2D eigenvalue weighted by atomic mass is 79.9. The number of carbonyl (C=O) groups excluding carboxylic acids is 1. The molecule has 0 heterocycles. The molecule has 0 saturated carbocycles. The van der Waals surface area contributed by atoms with E-state index in [9.17, 15) is 9.90 Å². The first-order valence-electron chi connectivity index (χ1n) is 6.64. The van der Waals surface area contributed by atoms with Crippen molar-refractivity contribution >= 4 is 39.2 Å². The Labute approximate surface area is 147 Å². The van der Waals surface area contributed by atoms with Crippen LogP contribution in [0.25, 0.3) is 0 Å². The summed E-state index contributed by atoms with van der Waals surface area (Å²) in [6, 6.07) is 9.08. The lowest BCUT2D eigenvalue weighted by Gasteiger charge is -2.15. The van der Waals surface area contributed by atoms with Gasteiger partial charge in [0, 0.05) is 16.7 Å². The van der Waals surface area contributed by atoms with Gasteiger partial charge >= 0.3 is 5.97 Å². The molecule has 0 unspecified atom stereocenters. The Bertz CT molecular complexity index is 736. The summed E-state index contributed by atoms with van der Waals surface area (Å²) in [5.74, 6) is -0.966. The van der Waals surface area contributed by atoms with Gasteiger partial charge in [-0.3, -0.25) is 0 Å². The molecule has 0 amide bonds. The number of esters is 1. The van der Waals surface area contributed by atoms with E-state index in [-0.39, 0.29) is 22.1 Å². The molecule has 0 aromatic heterocycles. The van der Waals surface area contributed by atoms with Crippen LogP contribution in [0.15, 0.2) is 34.8 Å². The number of phenolic OH excluding ortho intramolecular Hbond substituents is 1. The van der Waals surface area contributed by atoms with Gasteiger partial charge in [-0.25, -0.2) is 4.79 Å². The zero-order valence-corrected chi connectivity index (χ0v) is 14.9. The Morgan fingerprint density at radius 3 is 2.65 bits per heavy atom. The van der Waals surface area contributed by atoms with E-state index in [4.69, 9.17) is 16.3 Å². The van der Waals surface area contributed by atoms with E-state index < -0.39 is 5.97 Å². The average Bonchev–Trinajstić information content (AvgIpc) is 2.55. The number of rotatable bonds is 5. The second-order valence-corrected chi connectivity index (χ2v) is 5.84. The van der Waals surface area contributed by atoms with E-state index in [1.54, 1.807) is 0 Å². The summed E-state index contributed by atoms with van der Waals surface area (Å²) in [6.07, 6.45) is 0. The number of anilines is 1. The molecule has 0 spiro atoms. The molecule has 0 atom stereocenters. The number of carbonyl (C=O) groups is 1. The molecule has 2 rings (SSSR count). The number of methoxy groups -OCH3 is 2. The van der Waals surface area contributed by atoms with E-state index in [0.717, 1.165) is 10.2 Å². The fourth-order valence-corrected chi connectivity index (χ4v) is 2.77. The van der Waals surface area contributed by atoms with Crippen molar-refractivity contribution in [2.45, 2.75) is 6.54 Å². The molecule has 0 aliphatic carbocycles. The number of nitrogens with one attached hydrogen (secondary N) is 1. The summed E-state index contributed by atoms with van der Waals surface area (Å²) in [6.45, 7) is 0.335. The molecular formula is C16H15BrClNO4. The maximum absolute atomic E-state index is 11.8. The van der Waals surface area contributed by atoms with Gasteiger partial charge in [0.25, 0.3) is 0 Å². The highest BCUT2D eigenvalue weighted by Gasteiger charge is 2.22. The van der Waals surface area contributed by atoms with E-state index in [0.29, 0.717) is 12.1 Å². The largest absolute Gasteiger partial charge is 0.504 e. The monoisotopic (exact) mass is 399 g/mol. The van der Waals surface area contributed by atoms with Crippen LogP contribution in [-0.2, 0) is 11.3 Å². The van der Waals surface area contributed by atoms with Crippen LogP contribution in [0.3, 0.4) is 0 Å². The lowest BCUT2D eigenvalue weighted by atomic mass is 10.1. The van der Waals surface area contributed by atoms with Gasteiger partial charge < -0.3 is 19.9 Å². The molecule has 0 fully saturated rings. The van der Waals surface area contributed by atoms with Crippen molar-refractivity contribution in [2.75, 3.05) is 19.5 Å². The molecule has 2 aromatic rings. The van der Waals surface area contributed by atoms with E-state index in [2.05, 4.69) is 26.0 Å². The van der Waals surface area contributed by atoms with Gasteiger partial charge in [0.1, 0.15) is 5.56 Å². The molecule has 7 heteroatoms. The summed E-state index contributed by atoms with van der Waals surface area (Å²) in [5, 5.41) is 13.5. The van der Waals surface area contributed by atoms with Crippen LogP contribution in [-0.4, -0.2) is 25.3 Å². The predicted molar refractivity (Wildman–Crippen MR) is 92.5 cm³/mol. The molecule has 0 bridgehead atoms. The van der Waals surface area contributed by atoms with Gasteiger partial charge in [-0.05, 0) is 39.7 Å². The highest BCUT2D eigenvalue weighted by Crippen LogP contribution is 2.40. The summed E-state index contributed by atoms with van der Waals surface area (Å²) < 4.78 is 10.7. The number of halogens is 2. The normalized spacial score (nSPS) is 10.3. The maximum atomic E-state index is 11.8. The van der Waals surface area contributed by atoms with Crippen molar-refractivity contribution in [2.24, 2.45) is 0 Å². The zero-order chi connectivity index (χ0) is 17.0. The fraction of sp³-hybridized carbons (Fsp3) is 0.188. The second kappa shape index (κ2) is 7.57. The molecule has 0 aliphatic rings. The lowest BCUT2D eigenvalue weighted by Crippen LogP contribution is -2.07. The van der Waals surface area contributed by atoms with Crippen LogP contribution in [0.2, 0.25) is 5.02 Å². The van der Waals surface area contributed by atoms with E-state index in [1.807, 2.05) is 24.3 Å². The van der Waals surface area contributed by atoms with Crippen LogP contribution in [0.5, 0.6) is 11.5 Å². The van der Waals surface area contributed by atoms with E-state index in [1.165, 1.54) is 20.3 Å². The molecule has 2 N–H and O–H groups in total. The number of aromatic hydroxyl groups is 1. The number of para-hydroxylation sites is 1. The molecule has 0 saturated heterocycles. The maximum Gasteiger partial charge on any atom is 0.341 e. The summed E-state index contributed by atoms with van der Waals surface area (Å²) in [7, 11) is 2.61. The third-order valence-corrected chi connectivity index (χ3v) is 4.33.